The van der Waals surface area contributed by atoms with E-state index < -0.39 is 0 Å². The van der Waals surface area contributed by atoms with Crippen molar-refractivity contribution in [3.05, 3.63) is 45.5 Å². The Bertz CT molecular complexity index is 736. The van der Waals surface area contributed by atoms with Crippen LogP contribution in [0.25, 0.3) is 22.6 Å². The summed E-state index contributed by atoms with van der Waals surface area (Å²) < 4.78 is 0.929. The summed E-state index contributed by atoms with van der Waals surface area (Å²) in [7, 11) is 0. The van der Waals surface area contributed by atoms with Gasteiger partial charge in [0.2, 0.25) is 0 Å². The van der Waals surface area contributed by atoms with Gasteiger partial charge >= 0.3 is 0 Å². The van der Waals surface area contributed by atoms with E-state index in [1.165, 1.54) is 0 Å². The number of H-pyrrole nitrogens is 1. The highest BCUT2D eigenvalue weighted by Gasteiger charge is 2.09. The average Bonchev–Trinajstić information content (AvgIpc) is 2.71. The molecule has 3 rings (SSSR count). The molecule has 0 amide bonds. The molecule has 0 aliphatic rings. The molecule has 0 saturated carbocycles. The Morgan fingerprint density at radius 3 is 2.89 bits per heavy atom. The first-order valence-electron chi connectivity index (χ1n) is 5.41. The molecule has 0 aliphatic carbocycles. The molecule has 3 nitrogen and oxygen atoms in total. The van der Waals surface area contributed by atoms with Gasteiger partial charge in [-0.25, -0.2) is 9.97 Å². The second-order valence-electron chi connectivity index (χ2n) is 4.07. The van der Waals surface area contributed by atoms with E-state index in [0.717, 1.165) is 32.0 Å². The number of nitrogens with zero attached hydrogens (tertiary/aromatic N) is 2. The molecule has 1 aromatic carbocycles. The standard InChI is InChI=1S/C13H9BrClN3/c1-7-4-9(15)2-3-10(7)12-17-11-5-8(14)6-16-13(11)18-12/h2-6H,1H3,(H,16,17,18). The van der Waals surface area contributed by atoms with Crippen LogP contribution in [0, 0.1) is 6.92 Å². The number of hydrogen-bond donors (Lipinski definition) is 1. The van der Waals surface area contributed by atoms with Crippen LogP contribution in [0.5, 0.6) is 0 Å². The second kappa shape index (κ2) is 4.37. The summed E-state index contributed by atoms with van der Waals surface area (Å²) in [6.07, 6.45) is 1.74. The first-order valence-corrected chi connectivity index (χ1v) is 6.58. The predicted octanol–water partition coefficient (Wildman–Crippen LogP) is 4.35. The molecule has 2 heterocycles. The molecule has 3 aromatic rings. The summed E-state index contributed by atoms with van der Waals surface area (Å²) in [5, 5.41) is 0.730. The summed E-state index contributed by atoms with van der Waals surface area (Å²) in [4.78, 5) is 12.0. The Labute approximate surface area is 117 Å². The number of fused-ring (bicyclic) bond motifs is 1. The van der Waals surface area contributed by atoms with Gasteiger partial charge in [0.05, 0.1) is 5.52 Å². The summed E-state index contributed by atoms with van der Waals surface area (Å²) in [6.45, 7) is 2.01. The Hall–Kier alpha value is -1.39. The first kappa shape index (κ1) is 11.7. The van der Waals surface area contributed by atoms with Crippen molar-refractivity contribution in [3.63, 3.8) is 0 Å². The average molecular weight is 323 g/mol. The number of hydrogen-bond acceptors (Lipinski definition) is 2. The van der Waals surface area contributed by atoms with Crippen molar-refractivity contribution in [1.82, 2.24) is 15.0 Å². The Balaban J connectivity index is 2.19. The third-order valence-corrected chi connectivity index (χ3v) is 3.42. The van der Waals surface area contributed by atoms with Crippen molar-refractivity contribution >= 4 is 38.7 Å². The highest BCUT2D eigenvalue weighted by Crippen LogP contribution is 2.26. The van der Waals surface area contributed by atoms with E-state index in [9.17, 15) is 0 Å². The smallest absolute Gasteiger partial charge is 0.178 e. The molecule has 0 atom stereocenters. The molecular formula is C13H9BrClN3. The van der Waals surface area contributed by atoms with Gasteiger partial charge in [0, 0.05) is 21.3 Å². The van der Waals surface area contributed by atoms with Crippen LogP contribution in [-0.2, 0) is 0 Å². The maximum Gasteiger partial charge on any atom is 0.178 e. The van der Waals surface area contributed by atoms with Gasteiger partial charge in [-0.15, -0.1) is 0 Å². The lowest BCUT2D eigenvalue weighted by molar-refractivity contribution is 1.28. The van der Waals surface area contributed by atoms with E-state index in [1.54, 1.807) is 6.20 Å². The van der Waals surface area contributed by atoms with E-state index in [0.29, 0.717) is 5.65 Å². The second-order valence-corrected chi connectivity index (χ2v) is 5.42. The number of nitrogens with one attached hydrogen (secondary N) is 1. The van der Waals surface area contributed by atoms with Gasteiger partial charge in [-0.1, -0.05) is 11.6 Å². The van der Waals surface area contributed by atoms with Crippen LogP contribution in [0.4, 0.5) is 0 Å². The molecule has 18 heavy (non-hydrogen) atoms. The molecule has 90 valence electrons. The number of rotatable bonds is 1. The molecule has 2 aromatic heterocycles. The highest BCUT2D eigenvalue weighted by atomic mass is 79.9. The topological polar surface area (TPSA) is 41.6 Å². The Morgan fingerprint density at radius 2 is 2.11 bits per heavy atom. The molecule has 0 spiro atoms. The van der Waals surface area contributed by atoms with Gasteiger partial charge in [-0.3, -0.25) is 0 Å². The van der Waals surface area contributed by atoms with E-state index in [1.807, 2.05) is 31.2 Å². The molecule has 0 radical (unpaired) electrons. The fourth-order valence-corrected chi connectivity index (χ4v) is 2.45. The zero-order valence-electron chi connectivity index (χ0n) is 9.54. The maximum absolute atomic E-state index is 5.95. The van der Waals surface area contributed by atoms with Gasteiger partial charge in [0.15, 0.2) is 5.65 Å². The summed E-state index contributed by atoms with van der Waals surface area (Å²) >= 11 is 9.35. The number of imidazole rings is 1. The van der Waals surface area contributed by atoms with Gasteiger partial charge in [0.1, 0.15) is 5.82 Å². The summed E-state index contributed by atoms with van der Waals surface area (Å²) in [5.41, 5.74) is 3.74. The monoisotopic (exact) mass is 321 g/mol. The highest BCUT2D eigenvalue weighted by molar-refractivity contribution is 9.10. The SMILES string of the molecule is Cc1cc(Cl)ccc1-c1nc2ncc(Br)cc2[nH]1. The van der Waals surface area contributed by atoms with Crippen LogP contribution < -0.4 is 0 Å². The first-order chi connectivity index (χ1) is 8.63. The number of benzene rings is 1. The molecule has 5 heteroatoms. The molecule has 0 saturated heterocycles. The van der Waals surface area contributed by atoms with Gasteiger partial charge in [-0.2, -0.15) is 0 Å². The summed E-state index contributed by atoms with van der Waals surface area (Å²) in [5.74, 6) is 0.810. The molecule has 0 bridgehead atoms. The third kappa shape index (κ3) is 2.02. The fraction of sp³-hybridized carbons (Fsp3) is 0.0769. The van der Waals surface area contributed by atoms with Gasteiger partial charge in [0.25, 0.3) is 0 Å². The molecular weight excluding hydrogens is 314 g/mol. The number of aryl methyl sites for hydroxylation is 1. The normalized spacial score (nSPS) is 11.1. The van der Waals surface area contributed by atoms with Crippen LogP contribution >= 0.6 is 27.5 Å². The minimum absolute atomic E-state index is 0.711. The van der Waals surface area contributed by atoms with Crippen molar-refractivity contribution in [3.8, 4) is 11.4 Å². The third-order valence-electron chi connectivity index (χ3n) is 2.75. The predicted molar refractivity (Wildman–Crippen MR) is 76.8 cm³/mol. The maximum atomic E-state index is 5.95. The minimum Gasteiger partial charge on any atom is -0.337 e. The Kier molecular flexibility index (Phi) is 2.84. The van der Waals surface area contributed by atoms with Crippen molar-refractivity contribution < 1.29 is 0 Å². The van der Waals surface area contributed by atoms with E-state index >= 15 is 0 Å². The molecule has 0 aliphatic heterocycles. The number of halogens is 2. The largest absolute Gasteiger partial charge is 0.337 e. The van der Waals surface area contributed by atoms with Crippen LogP contribution in [0.3, 0.4) is 0 Å². The van der Waals surface area contributed by atoms with Gasteiger partial charge in [-0.05, 0) is 52.7 Å². The number of pyridine rings is 1. The van der Waals surface area contributed by atoms with E-state index in [4.69, 9.17) is 11.6 Å². The van der Waals surface area contributed by atoms with Crippen molar-refractivity contribution in [2.75, 3.05) is 0 Å². The van der Waals surface area contributed by atoms with Crippen LogP contribution in [0.15, 0.2) is 34.9 Å². The fourth-order valence-electron chi connectivity index (χ4n) is 1.89. The van der Waals surface area contributed by atoms with Crippen LogP contribution in [-0.4, -0.2) is 15.0 Å². The van der Waals surface area contributed by atoms with Crippen molar-refractivity contribution in [2.24, 2.45) is 0 Å². The van der Waals surface area contributed by atoms with Crippen molar-refractivity contribution in [2.45, 2.75) is 6.92 Å². The molecule has 1 N–H and O–H groups in total. The quantitative estimate of drug-likeness (QED) is 0.723. The van der Waals surface area contributed by atoms with Crippen LogP contribution in [0.2, 0.25) is 5.02 Å². The minimum atomic E-state index is 0.711. The number of aromatic amines is 1. The van der Waals surface area contributed by atoms with E-state index in [-0.39, 0.29) is 0 Å². The summed E-state index contributed by atoms with van der Waals surface area (Å²) in [6, 6.07) is 7.71. The van der Waals surface area contributed by atoms with E-state index in [2.05, 4.69) is 30.9 Å². The lowest BCUT2D eigenvalue weighted by atomic mass is 10.1. The zero-order valence-corrected chi connectivity index (χ0v) is 11.9. The van der Waals surface area contributed by atoms with Gasteiger partial charge < -0.3 is 4.98 Å². The number of aromatic nitrogens is 3. The Morgan fingerprint density at radius 1 is 1.28 bits per heavy atom. The van der Waals surface area contributed by atoms with Crippen molar-refractivity contribution in [1.29, 1.82) is 0 Å². The lowest BCUT2D eigenvalue weighted by Gasteiger charge is -2.02. The zero-order chi connectivity index (χ0) is 12.7. The van der Waals surface area contributed by atoms with Crippen LogP contribution in [0.1, 0.15) is 5.56 Å². The lowest BCUT2D eigenvalue weighted by Crippen LogP contribution is -1.85. The molecule has 0 unspecified atom stereocenters. The molecule has 0 fully saturated rings.